The van der Waals surface area contributed by atoms with Crippen molar-refractivity contribution in [3.05, 3.63) is 29.3 Å². The van der Waals surface area contributed by atoms with E-state index in [1.54, 1.807) is 6.92 Å². The largest absolute Gasteiger partial charge is 0.481 e. The first-order valence-corrected chi connectivity index (χ1v) is 5.28. The summed E-state index contributed by atoms with van der Waals surface area (Å²) in [7, 11) is 0. The van der Waals surface area contributed by atoms with Gasteiger partial charge in [-0.15, -0.1) is 0 Å². The number of halogens is 2. The summed E-state index contributed by atoms with van der Waals surface area (Å²) >= 11 is 0. The molecule has 0 aliphatic heterocycles. The molecule has 0 fully saturated rings. The highest BCUT2D eigenvalue weighted by Gasteiger charge is 2.22. The number of carboxylic acid groups (broad SMARTS) is 1. The minimum Gasteiger partial charge on any atom is -0.481 e. The van der Waals surface area contributed by atoms with Crippen LogP contribution in [0, 0.1) is 24.5 Å². The van der Waals surface area contributed by atoms with Gasteiger partial charge in [-0.05, 0) is 32.4 Å². The molecule has 2 unspecified atom stereocenters. The van der Waals surface area contributed by atoms with Crippen LogP contribution in [0.2, 0.25) is 0 Å². The number of carboxylic acids is 1. The number of rotatable bonds is 4. The summed E-state index contributed by atoms with van der Waals surface area (Å²) in [5.74, 6) is -3.17. The number of hydrogen-bond donors (Lipinski definition) is 2. The number of carbonyl (C=O) groups is 1. The van der Waals surface area contributed by atoms with Crippen LogP contribution >= 0.6 is 0 Å². The fraction of sp³-hybridized carbons (Fsp3) is 0.417. The summed E-state index contributed by atoms with van der Waals surface area (Å²) in [6.07, 6.45) is 0. The highest BCUT2D eigenvalue weighted by molar-refractivity contribution is 5.71. The third-order valence-electron chi connectivity index (χ3n) is 2.80. The van der Waals surface area contributed by atoms with Gasteiger partial charge in [-0.3, -0.25) is 4.79 Å². The van der Waals surface area contributed by atoms with E-state index in [9.17, 15) is 13.6 Å². The van der Waals surface area contributed by atoms with Gasteiger partial charge in [0.05, 0.1) is 5.92 Å². The highest BCUT2D eigenvalue weighted by atomic mass is 19.1. The Labute approximate surface area is 98.5 Å². The van der Waals surface area contributed by atoms with Gasteiger partial charge < -0.3 is 10.4 Å². The van der Waals surface area contributed by atoms with Crippen LogP contribution in [0.4, 0.5) is 14.5 Å². The molecule has 0 bridgehead atoms. The molecular weight excluding hydrogens is 228 g/mol. The van der Waals surface area contributed by atoms with Gasteiger partial charge >= 0.3 is 5.97 Å². The molecule has 1 aromatic carbocycles. The van der Waals surface area contributed by atoms with E-state index in [0.29, 0.717) is 5.56 Å². The van der Waals surface area contributed by atoms with Crippen molar-refractivity contribution in [1.29, 1.82) is 0 Å². The van der Waals surface area contributed by atoms with Crippen molar-refractivity contribution in [2.45, 2.75) is 26.8 Å². The van der Waals surface area contributed by atoms with Crippen LogP contribution in [-0.2, 0) is 4.79 Å². The number of nitrogens with one attached hydrogen (secondary N) is 1. The zero-order valence-corrected chi connectivity index (χ0v) is 9.92. The minimum atomic E-state index is -1.02. The summed E-state index contributed by atoms with van der Waals surface area (Å²) in [6, 6.07) is 1.92. The van der Waals surface area contributed by atoms with Crippen LogP contribution in [0.25, 0.3) is 0 Å². The van der Waals surface area contributed by atoms with Gasteiger partial charge in [0.15, 0.2) is 5.82 Å². The van der Waals surface area contributed by atoms with Gasteiger partial charge in [-0.2, -0.15) is 0 Å². The second-order valence-corrected chi connectivity index (χ2v) is 4.11. The van der Waals surface area contributed by atoms with Crippen LogP contribution in [0.5, 0.6) is 0 Å². The molecular formula is C12H15F2NO2. The maximum atomic E-state index is 13.6. The third kappa shape index (κ3) is 2.93. The molecule has 0 radical (unpaired) electrons. The monoisotopic (exact) mass is 243 g/mol. The fourth-order valence-corrected chi connectivity index (χ4v) is 1.36. The molecule has 1 rings (SSSR count). The summed E-state index contributed by atoms with van der Waals surface area (Å²) in [4.78, 5) is 10.7. The molecule has 1 aromatic rings. The molecule has 0 aromatic heterocycles. The van der Waals surface area contributed by atoms with E-state index in [1.807, 2.05) is 0 Å². The van der Waals surface area contributed by atoms with Gasteiger partial charge in [0.1, 0.15) is 11.5 Å². The van der Waals surface area contributed by atoms with Crippen LogP contribution in [0.15, 0.2) is 12.1 Å². The summed E-state index contributed by atoms with van der Waals surface area (Å²) in [5.41, 5.74) is 0.0367. The van der Waals surface area contributed by atoms with E-state index in [0.717, 1.165) is 6.07 Å². The van der Waals surface area contributed by atoms with E-state index in [2.05, 4.69) is 5.32 Å². The highest BCUT2D eigenvalue weighted by Crippen LogP contribution is 2.23. The van der Waals surface area contributed by atoms with Crippen LogP contribution in [-0.4, -0.2) is 17.1 Å². The standard InChI is InChI=1S/C12H15F2NO2/c1-6-4-5-9(13)11(10(6)14)15-8(3)7(2)12(16)17/h4-5,7-8,15H,1-3H3,(H,16,17). The van der Waals surface area contributed by atoms with Gasteiger partial charge in [0.25, 0.3) is 0 Å². The Hall–Kier alpha value is -1.65. The lowest BCUT2D eigenvalue weighted by molar-refractivity contribution is -0.141. The Morgan fingerprint density at radius 2 is 1.94 bits per heavy atom. The molecule has 0 heterocycles. The van der Waals surface area contributed by atoms with Crippen molar-refractivity contribution in [1.82, 2.24) is 0 Å². The molecule has 17 heavy (non-hydrogen) atoms. The Balaban J connectivity index is 2.96. The molecule has 3 nitrogen and oxygen atoms in total. The van der Waals surface area contributed by atoms with Crippen LogP contribution in [0.1, 0.15) is 19.4 Å². The summed E-state index contributed by atoms with van der Waals surface area (Å²) in [5, 5.41) is 11.4. The Morgan fingerprint density at radius 1 is 1.35 bits per heavy atom. The molecule has 0 saturated carbocycles. The van der Waals surface area contributed by atoms with Crippen molar-refractivity contribution in [2.24, 2.45) is 5.92 Å². The van der Waals surface area contributed by atoms with Crippen molar-refractivity contribution in [2.75, 3.05) is 5.32 Å². The SMILES string of the molecule is Cc1ccc(F)c(NC(C)C(C)C(=O)O)c1F. The molecule has 2 atom stereocenters. The Morgan fingerprint density at radius 3 is 2.47 bits per heavy atom. The maximum absolute atomic E-state index is 13.6. The summed E-state index contributed by atoms with van der Waals surface area (Å²) in [6.45, 7) is 4.57. The van der Waals surface area contributed by atoms with Crippen molar-refractivity contribution >= 4 is 11.7 Å². The minimum absolute atomic E-state index is 0.273. The van der Waals surface area contributed by atoms with Crippen molar-refractivity contribution in [3.63, 3.8) is 0 Å². The van der Waals surface area contributed by atoms with E-state index in [-0.39, 0.29) is 5.69 Å². The molecule has 0 amide bonds. The van der Waals surface area contributed by atoms with Crippen molar-refractivity contribution < 1.29 is 18.7 Å². The first kappa shape index (κ1) is 13.4. The summed E-state index contributed by atoms with van der Waals surface area (Å²) < 4.78 is 27.0. The fourth-order valence-electron chi connectivity index (χ4n) is 1.36. The molecule has 0 saturated heterocycles. The first-order valence-electron chi connectivity index (χ1n) is 5.28. The lowest BCUT2D eigenvalue weighted by Gasteiger charge is -2.20. The number of hydrogen-bond acceptors (Lipinski definition) is 2. The number of benzene rings is 1. The van der Waals surface area contributed by atoms with Crippen LogP contribution in [0.3, 0.4) is 0 Å². The van der Waals surface area contributed by atoms with Gasteiger partial charge in [0.2, 0.25) is 0 Å². The molecule has 5 heteroatoms. The predicted octanol–water partition coefficient (Wildman–Crippen LogP) is 2.79. The lowest BCUT2D eigenvalue weighted by Crippen LogP contribution is -2.30. The van der Waals surface area contributed by atoms with E-state index < -0.39 is 29.6 Å². The maximum Gasteiger partial charge on any atom is 0.308 e. The molecule has 0 aliphatic rings. The molecule has 0 spiro atoms. The second kappa shape index (κ2) is 5.12. The average molecular weight is 243 g/mol. The van der Waals surface area contributed by atoms with Gasteiger partial charge in [-0.25, -0.2) is 8.78 Å². The molecule has 0 aliphatic carbocycles. The van der Waals surface area contributed by atoms with E-state index in [4.69, 9.17) is 5.11 Å². The van der Waals surface area contributed by atoms with E-state index >= 15 is 0 Å². The quantitative estimate of drug-likeness (QED) is 0.854. The number of aliphatic carboxylic acids is 1. The zero-order chi connectivity index (χ0) is 13.2. The third-order valence-corrected chi connectivity index (χ3v) is 2.80. The molecule has 94 valence electrons. The first-order chi connectivity index (χ1) is 7.84. The average Bonchev–Trinajstić information content (AvgIpc) is 2.28. The Kier molecular flexibility index (Phi) is 4.04. The predicted molar refractivity (Wildman–Crippen MR) is 61.0 cm³/mol. The van der Waals surface area contributed by atoms with Crippen LogP contribution < -0.4 is 5.32 Å². The van der Waals surface area contributed by atoms with Crippen molar-refractivity contribution in [3.8, 4) is 0 Å². The zero-order valence-electron chi connectivity index (χ0n) is 9.92. The second-order valence-electron chi connectivity index (χ2n) is 4.11. The van der Waals surface area contributed by atoms with E-state index in [1.165, 1.54) is 19.9 Å². The van der Waals surface area contributed by atoms with Gasteiger partial charge in [-0.1, -0.05) is 6.07 Å². The smallest absolute Gasteiger partial charge is 0.308 e. The van der Waals surface area contributed by atoms with Gasteiger partial charge in [0, 0.05) is 6.04 Å². The number of anilines is 1. The normalized spacial score (nSPS) is 14.2. The lowest BCUT2D eigenvalue weighted by atomic mass is 10.0. The molecule has 2 N–H and O–H groups in total. The Bertz CT molecular complexity index is 435. The topological polar surface area (TPSA) is 49.3 Å². The number of aryl methyl sites for hydroxylation is 1.